The third kappa shape index (κ3) is 2.95. The molecule has 3 N–H and O–H groups in total. The summed E-state index contributed by atoms with van der Waals surface area (Å²) < 4.78 is 26.6. The molecule has 2 atom stereocenters. The highest BCUT2D eigenvalue weighted by Gasteiger charge is 2.39. The first-order valence-electron chi connectivity index (χ1n) is 5.77. The van der Waals surface area contributed by atoms with Gasteiger partial charge >= 0.3 is 0 Å². The lowest BCUT2D eigenvalue weighted by atomic mass is 10.2. The van der Waals surface area contributed by atoms with Crippen LogP contribution in [0.4, 0.5) is 5.82 Å². The molecule has 1 aromatic heterocycles. The van der Waals surface area contributed by atoms with Gasteiger partial charge in [0.2, 0.25) is 10.0 Å². The van der Waals surface area contributed by atoms with Crippen LogP contribution in [0.5, 0.6) is 0 Å². The predicted octanol–water partition coefficient (Wildman–Crippen LogP) is 1.13. The maximum Gasteiger partial charge on any atom is 0.242 e. The van der Waals surface area contributed by atoms with Crippen molar-refractivity contribution >= 4 is 15.8 Å². The van der Waals surface area contributed by atoms with Crippen molar-refractivity contribution in [2.24, 2.45) is 5.92 Å². The number of rotatable bonds is 5. The number of sulfonamides is 1. The van der Waals surface area contributed by atoms with Crippen molar-refractivity contribution in [3.8, 4) is 0 Å². The van der Waals surface area contributed by atoms with Gasteiger partial charge in [-0.3, -0.25) is 0 Å². The van der Waals surface area contributed by atoms with Crippen molar-refractivity contribution in [1.29, 1.82) is 0 Å². The molecule has 1 fully saturated rings. The minimum atomic E-state index is -3.43. The van der Waals surface area contributed by atoms with Gasteiger partial charge in [0.25, 0.3) is 0 Å². The van der Waals surface area contributed by atoms with Crippen molar-refractivity contribution in [2.45, 2.75) is 37.1 Å². The first kappa shape index (κ1) is 12.3. The molecule has 17 heavy (non-hydrogen) atoms. The number of hydrogen-bond acceptors (Lipinski definition) is 4. The normalized spacial score (nSPS) is 23.6. The fraction of sp³-hybridized carbons (Fsp3) is 0.545. The molecule has 1 aliphatic carbocycles. The highest BCUT2D eigenvalue weighted by Crippen LogP contribution is 2.35. The molecule has 94 valence electrons. The van der Waals surface area contributed by atoms with Crippen molar-refractivity contribution < 1.29 is 8.42 Å². The van der Waals surface area contributed by atoms with Crippen LogP contribution < -0.4 is 10.5 Å². The van der Waals surface area contributed by atoms with E-state index >= 15 is 0 Å². The largest absolute Gasteiger partial charge is 0.384 e. The Bertz CT molecular complexity index is 484. The van der Waals surface area contributed by atoms with Crippen molar-refractivity contribution in [1.82, 2.24) is 9.71 Å². The van der Waals surface area contributed by atoms with E-state index in [0.29, 0.717) is 11.7 Å². The van der Waals surface area contributed by atoms with Crippen LogP contribution in [0, 0.1) is 5.92 Å². The number of nitrogens with one attached hydrogen (secondary N) is 1. The third-order valence-electron chi connectivity index (χ3n) is 2.96. The number of anilines is 1. The Kier molecular flexibility index (Phi) is 3.35. The smallest absolute Gasteiger partial charge is 0.242 e. The van der Waals surface area contributed by atoms with Gasteiger partial charge in [-0.2, -0.15) is 0 Å². The summed E-state index contributed by atoms with van der Waals surface area (Å²) in [4.78, 5) is 3.96. The van der Waals surface area contributed by atoms with Gasteiger partial charge < -0.3 is 5.73 Å². The first-order chi connectivity index (χ1) is 8.03. The van der Waals surface area contributed by atoms with E-state index in [0.717, 1.165) is 19.3 Å². The Labute approximate surface area is 101 Å². The molecule has 0 saturated heterocycles. The van der Waals surface area contributed by atoms with Gasteiger partial charge in [0.1, 0.15) is 10.7 Å². The predicted molar refractivity (Wildman–Crippen MR) is 65.8 cm³/mol. The van der Waals surface area contributed by atoms with Gasteiger partial charge in [0.05, 0.1) is 0 Å². The van der Waals surface area contributed by atoms with Gasteiger partial charge in [0.15, 0.2) is 0 Å². The molecule has 0 amide bonds. The van der Waals surface area contributed by atoms with Crippen LogP contribution in [0.3, 0.4) is 0 Å². The van der Waals surface area contributed by atoms with Crippen LogP contribution >= 0.6 is 0 Å². The molecule has 2 rings (SSSR count). The van der Waals surface area contributed by atoms with E-state index in [1.165, 1.54) is 18.3 Å². The van der Waals surface area contributed by atoms with Gasteiger partial charge in [-0.1, -0.05) is 13.3 Å². The molecule has 1 aliphatic rings. The van der Waals surface area contributed by atoms with Crippen molar-refractivity contribution in [3.05, 3.63) is 18.3 Å². The van der Waals surface area contributed by atoms with Crippen LogP contribution in [-0.2, 0) is 10.0 Å². The topological polar surface area (TPSA) is 85.1 Å². The Morgan fingerprint density at radius 1 is 1.53 bits per heavy atom. The fourth-order valence-electron chi connectivity index (χ4n) is 1.90. The molecule has 0 aromatic carbocycles. The Hall–Kier alpha value is -1.14. The number of nitrogen functional groups attached to an aromatic ring is 1. The maximum absolute atomic E-state index is 12.0. The fourth-order valence-corrected chi connectivity index (χ4v) is 3.16. The molecule has 1 heterocycles. The summed E-state index contributed by atoms with van der Waals surface area (Å²) in [5, 5.41) is 0. The lowest BCUT2D eigenvalue weighted by molar-refractivity contribution is 0.572. The third-order valence-corrected chi connectivity index (χ3v) is 4.43. The van der Waals surface area contributed by atoms with Gasteiger partial charge in [-0.25, -0.2) is 18.1 Å². The summed E-state index contributed by atoms with van der Waals surface area (Å²) in [6.45, 7) is 2.10. The molecule has 1 saturated carbocycles. The Balaban J connectivity index is 2.03. The molecule has 6 heteroatoms. The minimum absolute atomic E-state index is 0.0949. The SMILES string of the molecule is CCCC1CC1NS(=O)(=O)c1ccc(N)nc1. The van der Waals surface area contributed by atoms with E-state index in [4.69, 9.17) is 5.73 Å². The van der Waals surface area contributed by atoms with Crippen LogP contribution in [0.2, 0.25) is 0 Å². The standard InChI is InChI=1S/C11H17N3O2S/c1-2-3-8-6-10(8)14-17(15,16)9-4-5-11(12)13-7-9/h4-5,7-8,10,14H,2-3,6H2,1H3,(H2,12,13). The molecule has 0 spiro atoms. The zero-order valence-corrected chi connectivity index (χ0v) is 10.6. The zero-order chi connectivity index (χ0) is 12.5. The van der Waals surface area contributed by atoms with E-state index in [1.54, 1.807) is 0 Å². The second kappa shape index (κ2) is 4.62. The number of nitrogens with zero attached hydrogens (tertiary/aromatic N) is 1. The average Bonchev–Trinajstić information content (AvgIpc) is 2.96. The molecule has 0 bridgehead atoms. The average molecular weight is 255 g/mol. The van der Waals surface area contributed by atoms with Crippen LogP contribution in [-0.4, -0.2) is 19.4 Å². The molecule has 2 unspecified atom stereocenters. The monoisotopic (exact) mass is 255 g/mol. The van der Waals surface area contributed by atoms with E-state index in [9.17, 15) is 8.42 Å². The molecular weight excluding hydrogens is 238 g/mol. The van der Waals surface area contributed by atoms with Gasteiger partial charge in [-0.05, 0) is 30.9 Å². The minimum Gasteiger partial charge on any atom is -0.384 e. The highest BCUT2D eigenvalue weighted by molar-refractivity contribution is 7.89. The van der Waals surface area contributed by atoms with E-state index in [2.05, 4.69) is 16.6 Å². The summed E-state index contributed by atoms with van der Waals surface area (Å²) in [5.41, 5.74) is 5.42. The molecular formula is C11H17N3O2S. The van der Waals surface area contributed by atoms with Crippen molar-refractivity contribution in [2.75, 3.05) is 5.73 Å². The van der Waals surface area contributed by atoms with Gasteiger partial charge in [0, 0.05) is 12.2 Å². The number of nitrogens with two attached hydrogens (primary N) is 1. The summed E-state index contributed by atoms with van der Waals surface area (Å²) in [6, 6.07) is 3.06. The number of aromatic nitrogens is 1. The van der Waals surface area contributed by atoms with Gasteiger partial charge in [-0.15, -0.1) is 0 Å². The first-order valence-corrected chi connectivity index (χ1v) is 7.25. The lowest BCUT2D eigenvalue weighted by Crippen LogP contribution is -2.27. The van der Waals surface area contributed by atoms with Crippen LogP contribution in [0.25, 0.3) is 0 Å². The summed E-state index contributed by atoms with van der Waals surface area (Å²) in [5.74, 6) is 0.816. The van der Waals surface area contributed by atoms with Crippen LogP contribution in [0.15, 0.2) is 23.2 Å². The summed E-state index contributed by atoms with van der Waals surface area (Å²) >= 11 is 0. The highest BCUT2D eigenvalue weighted by atomic mass is 32.2. The summed E-state index contributed by atoms with van der Waals surface area (Å²) in [7, 11) is -3.43. The number of pyridine rings is 1. The van der Waals surface area contributed by atoms with Crippen LogP contribution in [0.1, 0.15) is 26.2 Å². The molecule has 5 nitrogen and oxygen atoms in total. The summed E-state index contributed by atoms with van der Waals surface area (Å²) in [6.07, 6.45) is 4.39. The lowest BCUT2D eigenvalue weighted by Gasteiger charge is -2.05. The van der Waals surface area contributed by atoms with E-state index in [1.807, 2.05) is 0 Å². The molecule has 0 aliphatic heterocycles. The quantitative estimate of drug-likeness (QED) is 0.826. The Morgan fingerprint density at radius 2 is 2.29 bits per heavy atom. The Morgan fingerprint density at radius 3 is 2.88 bits per heavy atom. The zero-order valence-electron chi connectivity index (χ0n) is 9.76. The maximum atomic E-state index is 12.0. The second-order valence-corrected chi connectivity index (χ2v) is 6.14. The second-order valence-electron chi connectivity index (χ2n) is 4.43. The number of hydrogen-bond donors (Lipinski definition) is 2. The van der Waals surface area contributed by atoms with E-state index < -0.39 is 10.0 Å². The van der Waals surface area contributed by atoms with E-state index in [-0.39, 0.29) is 10.9 Å². The molecule has 0 radical (unpaired) electrons. The van der Waals surface area contributed by atoms with Crippen molar-refractivity contribution in [3.63, 3.8) is 0 Å². The molecule has 1 aromatic rings.